The lowest BCUT2D eigenvalue weighted by molar-refractivity contribution is -0.146. The van der Waals surface area contributed by atoms with Crippen molar-refractivity contribution < 1.29 is 23.8 Å². The van der Waals surface area contributed by atoms with E-state index in [9.17, 15) is 9.59 Å². The zero-order valence-electron chi connectivity index (χ0n) is 14.7. The minimum Gasteiger partial charge on any atom is -0.497 e. The largest absolute Gasteiger partial charge is 0.497 e. The van der Waals surface area contributed by atoms with Gasteiger partial charge in [-0.2, -0.15) is 0 Å². The Labute approximate surface area is 144 Å². The van der Waals surface area contributed by atoms with Crippen LogP contribution in [-0.2, 0) is 25.7 Å². The van der Waals surface area contributed by atoms with Gasteiger partial charge in [-0.3, -0.25) is 9.59 Å². The summed E-state index contributed by atoms with van der Waals surface area (Å²) in [4.78, 5) is 23.2. The van der Waals surface area contributed by atoms with Crippen LogP contribution >= 0.6 is 0 Å². The first-order valence-corrected chi connectivity index (χ1v) is 8.60. The molecule has 0 atom stereocenters. The molecule has 0 aliphatic carbocycles. The van der Waals surface area contributed by atoms with Crippen LogP contribution in [0.3, 0.4) is 0 Å². The molecule has 0 heterocycles. The number of rotatable bonds is 12. The monoisotopic (exact) mass is 336 g/mol. The van der Waals surface area contributed by atoms with Gasteiger partial charge in [-0.1, -0.05) is 38.3 Å². The lowest BCUT2D eigenvalue weighted by Crippen LogP contribution is -2.09. The van der Waals surface area contributed by atoms with Crippen molar-refractivity contribution in [3.8, 4) is 5.75 Å². The highest BCUT2D eigenvalue weighted by Gasteiger charge is 2.08. The van der Waals surface area contributed by atoms with E-state index in [-0.39, 0.29) is 31.4 Å². The maximum absolute atomic E-state index is 11.7. The van der Waals surface area contributed by atoms with Crippen LogP contribution in [0.5, 0.6) is 5.75 Å². The summed E-state index contributed by atoms with van der Waals surface area (Å²) in [5, 5.41) is 0. The molecule has 0 aliphatic heterocycles. The fraction of sp³-hybridized carbons (Fsp3) is 0.579. The molecule has 0 amide bonds. The van der Waals surface area contributed by atoms with Crippen LogP contribution in [0.15, 0.2) is 24.3 Å². The van der Waals surface area contributed by atoms with Crippen LogP contribution in [0.2, 0.25) is 0 Å². The van der Waals surface area contributed by atoms with E-state index < -0.39 is 0 Å². The minimum atomic E-state index is -0.312. The van der Waals surface area contributed by atoms with Crippen molar-refractivity contribution >= 4 is 11.9 Å². The number of unbranched alkanes of at least 4 members (excludes halogenated alkanes) is 3. The first-order chi connectivity index (χ1) is 11.7. The topological polar surface area (TPSA) is 61.8 Å². The van der Waals surface area contributed by atoms with Gasteiger partial charge >= 0.3 is 11.9 Å². The van der Waals surface area contributed by atoms with Crippen molar-refractivity contribution in [3.05, 3.63) is 29.8 Å². The molecule has 0 spiro atoms. The van der Waals surface area contributed by atoms with E-state index in [1.54, 1.807) is 7.11 Å². The third-order valence-electron chi connectivity index (χ3n) is 3.56. The number of methoxy groups -OCH3 is 1. The fourth-order valence-corrected chi connectivity index (χ4v) is 2.16. The maximum Gasteiger partial charge on any atom is 0.306 e. The van der Waals surface area contributed by atoms with Gasteiger partial charge in [0.15, 0.2) is 0 Å². The van der Waals surface area contributed by atoms with Crippen molar-refractivity contribution in [3.63, 3.8) is 0 Å². The molecule has 5 nitrogen and oxygen atoms in total. The first kappa shape index (κ1) is 20.0. The molecule has 134 valence electrons. The summed E-state index contributed by atoms with van der Waals surface area (Å²) in [5.41, 5.74) is 0.870. The Morgan fingerprint density at radius 3 is 2.42 bits per heavy atom. The van der Waals surface area contributed by atoms with E-state index in [1.807, 2.05) is 24.3 Å². The predicted octanol–water partition coefficient (Wildman–Crippen LogP) is 4.03. The Balaban J connectivity index is 2.09. The number of esters is 2. The number of hydrogen-bond acceptors (Lipinski definition) is 5. The molecule has 0 bridgehead atoms. The van der Waals surface area contributed by atoms with E-state index in [0.717, 1.165) is 37.0 Å². The highest BCUT2D eigenvalue weighted by molar-refractivity contribution is 5.72. The molecule has 1 aromatic carbocycles. The van der Waals surface area contributed by atoms with Crippen molar-refractivity contribution in [1.29, 1.82) is 0 Å². The quantitative estimate of drug-likeness (QED) is 0.426. The molecule has 0 saturated heterocycles. The van der Waals surface area contributed by atoms with E-state index in [1.165, 1.54) is 0 Å². The number of carbonyl (C=O) groups is 2. The van der Waals surface area contributed by atoms with Crippen LogP contribution < -0.4 is 4.74 Å². The second-order valence-corrected chi connectivity index (χ2v) is 5.65. The molecular formula is C19H28O5. The second-order valence-electron chi connectivity index (χ2n) is 5.65. The molecular weight excluding hydrogens is 308 g/mol. The van der Waals surface area contributed by atoms with Gasteiger partial charge in [0, 0.05) is 12.8 Å². The van der Waals surface area contributed by atoms with Gasteiger partial charge < -0.3 is 14.2 Å². The molecule has 1 aromatic rings. The van der Waals surface area contributed by atoms with Crippen molar-refractivity contribution in [2.45, 2.75) is 58.5 Å². The molecule has 0 radical (unpaired) electrons. The fourth-order valence-electron chi connectivity index (χ4n) is 2.16. The Bertz CT molecular complexity index is 498. The average molecular weight is 336 g/mol. The lowest BCUT2D eigenvalue weighted by Gasteiger charge is -2.07. The molecule has 0 aliphatic rings. The zero-order chi connectivity index (χ0) is 17.6. The summed E-state index contributed by atoms with van der Waals surface area (Å²) in [6.07, 6.45) is 5.23. The minimum absolute atomic E-state index is 0.206. The smallest absolute Gasteiger partial charge is 0.306 e. The van der Waals surface area contributed by atoms with Gasteiger partial charge in [-0.25, -0.2) is 0 Å². The van der Waals surface area contributed by atoms with Crippen molar-refractivity contribution in [2.75, 3.05) is 13.7 Å². The number of ether oxygens (including phenoxy) is 3. The number of hydrogen-bond donors (Lipinski definition) is 0. The molecule has 0 unspecified atom stereocenters. The van der Waals surface area contributed by atoms with E-state index in [2.05, 4.69) is 6.92 Å². The maximum atomic E-state index is 11.7. The summed E-state index contributed by atoms with van der Waals surface area (Å²) < 4.78 is 15.4. The molecule has 0 N–H and O–H groups in total. The predicted molar refractivity (Wildman–Crippen MR) is 91.7 cm³/mol. The Morgan fingerprint density at radius 1 is 0.958 bits per heavy atom. The third-order valence-corrected chi connectivity index (χ3v) is 3.56. The molecule has 0 fully saturated rings. The van der Waals surface area contributed by atoms with Crippen molar-refractivity contribution in [1.82, 2.24) is 0 Å². The van der Waals surface area contributed by atoms with Crippen LogP contribution in [0, 0.1) is 0 Å². The van der Waals surface area contributed by atoms with Gasteiger partial charge in [-0.15, -0.1) is 0 Å². The molecule has 24 heavy (non-hydrogen) atoms. The summed E-state index contributed by atoms with van der Waals surface area (Å²) in [6.45, 7) is 2.82. The van der Waals surface area contributed by atoms with Crippen molar-refractivity contribution in [2.24, 2.45) is 0 Å². The van der Waals surface area contributed by atoms with Gasteiger partial charge in [0.25, 0.3) is 0 Å². The number of carbonyl (C=O) groups excluding carboxylic acids is 2. The zero-order valence-corrected chi connectivity index (χ0v) is 14.7. The van der Waals surface area contributed by atoms with Crippen LogP contribution in [-0.4, -0.2) is 25.7 Å². The Kier molecular flexibility index (Phi) is 10.3. The first-order valence-electron chi connectivity index (χ1n) is 8.60. The lowest BCUT2D eigenvalue weighted by atomic mass is 10.2. The summed E-state index contributed by atoms with van der Waals surface area (Å²) >= 11 is 0. The SMILES string of the molecule is CCCCCCOC(=O)CCCC(=O)OCc1cccc(OC)c1. The summed E-state index contributed by atoms with van der Waals surface area (Å²) in [5.74, 6) is 0.172. The Morgan fingerprint density at radius 2 is 1.71 bits per heavy atom. The normalized spacial score (nSPS) is 10.2. The Hall–Kier alpha value is -2.04. The highest BCUT2D eigenvalue weighted by Crippen LogP contribution is 2.13. The van der Waals surface area contributed by atoms with Gasteiger partial charge in [-0.05, 0) is 30.5 Å². The standard InChI is InChI=1S/C19H28O5/c1-3-4-5-6-13-23-18(20)11-8-12-19(21)24-15-16-9-7-10-17(14-16)22-2/h7,9-10,14H,3-6,8,11-13,15H2,1-2H3. The van der Waals surface area contributed by atoms with E-state index in [4.69, 9.17) is 14.2 Å². The molecule has 0 aromatic heterocycles. The van der Waals surface area contributed by atoms with Crippen LogP contribution in [0.1, 0.15) is 57.4 Å². The molecule has 0 saturated carbocycles. The second kappa shape index (κ2) is 12.4. The highest BCUT2D eigenvalue weighted by atomic mass is 16.5. The average Bonchev–Trinajstić information content (AvgIpc) is 2.60. The summed E-state index contributed by atoms with van der Waals surface area (Å²) in [6, 6.07) is 7.37. The third kappa shape index (κ3) is 9.18. The number of benzene rings is 1. The van der Waals surface area contributed by atoms with Gasteiger partial charge in [0.1, 0.15) is 12.4 Å². The van der Waals surface area contributed by atoms with Gasteiger partial charge in [0.2, 0.25) is 0 Å². The van der Waals surface area contributed by atoms with E-state index in [0.29, 0.717) is 13.0 Å². The van der Waals surface area contributed by atoms with Gasteiger partial charge in [0.05, 0.1) is 13.7 Å². The molecule has 5 heteroatoms. The summed E-state index contributed by atoms with van der Waals surface area (Å²) in [7, 11) is 1.59. The molecule has 1 rings (SSSR count). The van der Waals surface area contributed by atoms with E-state index >= 15 is 0 Å². The van der Waals surface area contributed by atoms with Crippen LogP contribution in [0.25, 0.3) is 0 Å². The van der Waals surface area contributed by atoms with Crippen LogP contribution in [0.4, 0.5) is 0 Å².